The number of benzene rings is 1. The monoisotopic (exact) mass is 440 g/mol. The van der Waals surface area contributed by atoms with Crippen LogP contribution in [0.4, 0.5) is 0 Å². The van der Waals surface area contributed by atoms with E-state index >= 15 is 0 Å². The minimum atomic E-state index is -3.25. The zero-order valence-corrected chi connectivity index (χ0v) is 19.1. The fourth-order valence-electron chi connectivity index (χ4n) is 3.82. The first-order chi connectivity index (χ1) is 14.6. The van der Waals surface area contributed by atoms with Gasteiger partial charge >= 0.3 is 0 Å². The second kappa shape index (κ2) is 8.67. The second-order valence-electron chi connectivity index (χ2n) is 8.35. The van der Waals surface area contributed by atoms with E-state index in [9.17, 15) is 18.4 Å². The maximum Gasteiger partial charge on any atom is 0.250 e. The molecular weight excluding hydrogens is 412 g/mol. The number of hydrogen-bond acceptors (Lipinski definition) is 5. The molecule has 1 aliphatic carbocycles. The predicted molar refractivity (Wildman–Crippen MR) is 124 cm³/mol. The fraction of sp³-hybridized carbons (Fsp3) is 0.333. The molecule has 1 unspecified atom stereocenters. The Hall–Kier alpha value is -2.93. The molecule has 0 saturated carbocycles. The molecule has 1 N–H and O–H groups in total. The van der Waals surface area contributed by atoms with Crippen molar-refractivity contribution in [1.29, 1.82) is 0 Å². The number of rotatable bonds is 6. The largest absolute Gasteiger partial charge is 0.411 e. The van der Waals surface area contributed by atoms with E-state index in [2.05, 4.69) is 5.16 Å². The third kappa shape index (κ3) is 4.71. The lowest BCUT2D eigenvalue weighted by Gasteiger charge is -2.29. The van der Waals surface area contributed by atoms with Crippen molar-refractivity contribution in [3.63, 3.8) is 0 Å². The molecule has 31 heavy (non-hydrogen) atoms. The number of pyridine rings is 1. The lowest BCUT2D eigenvalue weighted by molar-refractivity contribution is 0.317. The van der Waals surface area contributed by atoms with Crippen LogP contribution in [0, 0.1) is 6.92 Å². The summed E-state index contributed by atoms with van der Waals surface area (Å²) < 4.78 is 24.9. The van der Waals surface area contributed by atoms with Crippen LogP contribution in [0.1, 0.15) is 42.4 Å². The minimum Gasteiger partial charge on any atom is -0.411 e. The lowest BCUT2D eigenvalue weighted by Crippen LogP contribution is -2.33. The second-order valence-corrected chi connectivity index (χ2v) is 10.8. The van der Waals surface area contributed by atoms with Crippen LogP contribution >= 0.6 is 0 Å². The van der Waals surface area contributed by atoms with Gasteiger partial charge in [0.2, 0.25) is 5.56 Å². The summed E-state index contributed by atoms with van der Waals surface area (Å²) in [6.07, 6.45) is 9.27. The van der Waals surface area contributed by atoms with Crippen LogP contribution in [0.2, 0.25) is 0 Å². The molecule has 1 aromatic carbocycles. The minimum absolute atomic E-state index is 0.135. The van der Waals surface area contributed by atoms with Crippen LogP contribution in [0.15, 0.2) is 76.3 Å². The van der Waals surface area contributed by atoms with Gasteiger partial charge in [-0.25, -0.2) is 8.42 Å². The number of sulfone groups is 1. The Bertz CT molecular complexity index is 1240. The summed E-state index contributed by atoms with van der Waals surface area (Å²) >= 11 is 0. The molecule has 6 nitrogen and oxygen atoms in total. The average molecular weight is 441 g/mol. The smallest absolute Gasteiger partial charge is 0.250 e. The molecule has 7 heteroatoms. The third-order valence-electron chi connectivity index (χ3n) is 6.12. The standard InChI is InChI=1S/C24H28N2O4S/c1-17-7-5-6-8-20(17)21(18-11-13-24(2,14-12-18)31(4,29)30)15-22(25-28)19-9-10-23(27)26(3)16-19/h5-13,16,21,28H,14-15H2,1-4H3/b25-22-/t21-,24?/m1/s1. The Morgan fingerprint density at radius 2 is 1.97 bits per heavy atom. The zero-order valence-electron chi connectivity index (χ0n) is 18.2. The Kier molecular flexibility index (Phi) is 6.36. The van der Waals surface area contributed by atoms with Crippen LogP contribution in [0.25, 0.3) is 0 Å². The number of nitrogens with zero attached hydrogens (tertiary/aromatic N) is 2. The fourth-order valence-corrected chi connectivity index (χ4v) is 4.52. The summed E-state index contributed by atoms with van der Waals surface area (Å²) in [5, 5.41) is 13.3. The van der Waals surface area contributed by atoms with Gasteiger partial charge in [0, 0.05) is 43.5 Å². The van der Waals surface area contributed by atoms with Crippen molar-refractivity contribution in [3.8, 4) is 0 Å². The van der Waals surface area contributed by atoms with Crippen LogP contribution in [0.5, 0.6) is 0 Å². The number of hydrogen-bond donors (Lipinski definition) is 1. The van der Waals surface area contributed by atoms with Gasteiger partial charge < -0.3 is 9.77 Å². The normalized spacial score (nSPS) is 20.4. The number of allylic oxidation sites excluding steroid dienone is 3. The van der Waals surface area contributed by atoms with Crippen molar-refractivity contribution < 1.29 is 13.6 Å². The predicted octanol–water partition coefficient (Wildman–Crippen LogP) is 3.74. The summed E-state index contributed by atoms with van der Waals surface area (Å²) in [4.78, 5) is 11.8. The van der Waals surface area contributed by atoms with Crippen molar-refractivity contribution in [2.24, 2.45) is 12.2 Å². The number of aromatic nitrogens is 1. The van der Waals surface area contributed by atoms with E-state index in [4.69, 9.17) is 0 Å². The van der Waals surface area contributed by atoms with Gasteiger partial charge in [-0.3, -0.25) is 4.79 Å². The van der Waals surface area contributed by atoms with Gasteiger partial charge in [0.1, 0.15) is 0 Å². The third-order valence-corrected chi connectivity index (χ3v) is 8.12. The van der Waals surface area contributed by atoms with E-state index in [1.165, 1.54) is 16.9 Å². The molecule has 1 heterocycles. The summed E-state index contributed by atoms with van der Waals surface area (Å²) in [6, 6.07) is 11.1. The Labute approximate surface area is 183 Å². The lowest BCUT2D eigenvalue weighted by atomic mass is 9.80. The maximum atomic E-state index is 12.2. The van der Waals surface area contributed by atoms with E-state index in [-0.39, 0.29) is 11.5 Å². The summed E-state index contributed by atoms with van der Waals surface area (Å²) in [7, 11) is -1.60. The molecule has 0 aliphatic heterocycles. The first-order valence-corrected chi connectivity index (χ1v) is 12.0. The van der Waals surface area contributed by atoms with E-state index < -0.39 is 14.6 Å². The molecule has 0 spiro atoms. The van der Waals surface area contributed by atoms with E-state index in [0.717, 1.165) is 16.7 Å². The molecule has 0 radical (unpaired) electrons. The molecule has 1 aromatic heterocycles. The van der Waals surface area contributed by atoms with Gasteiger partial charge in [0.05, 0.1) is 10.5 Å². The molecule has 164 valence electrons. The van der Waals surface area contributed by atoms with Gasteiger partial charge in [0.25, 0.3) is 0 Å². The topological polar surface area (TPSA) is 88.7 Å². The molecule has 0 bridgehead atoms. The van der Waals surface area contributed by atoms with Crippen LogP contribution in [0.3, 0.4) is 0 Å². The van der Waals surface area contributed by atoms with Crippen molar-refractivity contribution >= 4 is 15.5 Å². The van der Waals surface area contributed by atoms with Gasteiger partial charge in [-0.15, -0.1) is 0 Å². The average Bonchev–Trinajstić information content (AvgIpc) is 2.72. The highest BCUT2D eigenvalue weighted by Gasteiger charge is 2.35. The van der Waals surface area contributed by atoms with Gasteiger partial charge in [-0.05, 0) is 43.0 Å². The van der Waals surface area contributed by atoms with Crippen LogP contribution < -0.4 is 5.56 Å². The van der Waals surface area contributed by atoms with E-state index in [1.54, 1.807) is 32.3 Å². The first-order valence-electron chi connectivity index (χ1n) is 10.1. The van der Waals surface area contributed by atoms with Crippen molar-refractivity contribution in [2.75, 3.05) is 6.26 Å². The SMILES string of the molecule is Cc1ccccc1[C@H](C/C(=N/O)c1ccc(=O)n(C)c1)C1=CCC(C)(S(C)(=O)=O)C=C1. The summed E-state index contributed by atoms with van der Waals surface area (Å²) in [5.41, 5.74) is 4.11. The Balaban J connectivity index is 2.03. The number of oxime groups is 1. The van der Waals surface area contributed by atoms with Crippen molar-refractivity contribution in [3.05, 3.63) is 93.4 Å². The van der Waals surface area contributed by atoms with Crippen molar-refractivity contribution in [1.82, 2.24) is 4.57 Å². The van der Waals surface area contributed by atoms with Crippen LogP contribution in [-0.4, -0.2) is 34.9 Å². The summed E-state index contributed by atoms with van der Waals surface area (Å²) in [6.45, 7) is 3.75. The molecule has 0 amide bonds. The molecular formula is C24H28N2O4S. The first kappa shape index (κ1) is 22.7. The molecule has 3 rings (SSSR count). The number of aryl methyl sites for hydroxylation is 2. The van der Waals surface area contributed by atoms with Crippen molar-refractivity contribution in [2.45, 2.75) is 37.4 Å². The highest BCUT2D eigenvalue weighted by atomic mass is 32.2. The zero-order chi connectivity index (χ0) is 22.8. The maximum absolute atomic E-state index is 12.2. The molecule has 0 fully saturated rings. The van der Waals surface area contributed by atoms with Gasteiger partial charge in [0.15, 0.2) is 9.84 Å². The molecule has 0 saturated heterocycles. The molecule has 2 atom stereocenters. The quantitative estimate of drug-likeness (QED) is 0.421. The van der Waals surface area contributed by atoms with Gasteiger partial charge in [-0.2, -0.15) is 0 Å². The van der Waals surface area contributed by atoms with E-state index in [1.807, 2.05) is 43.3 Å². The van der Waals surface area contributed by atoms with Crippen LogP contribution in [-0.2, 0) is 16.9 Å². The Morgan fingerprint density at radius 3 is 2.52 bits per heavy atom. The molecule has 1 aliphatic rings. The molecule has 2 aromatic rings. The highest BCUT2D eigenvalue weighted by molar-refractivity contribution is 7.92. The summed E-state index contributed by atoms with van der Waals surface area (Å²) in [5.74, 6) is -0.135. The Morgan fingerprint density at radius 1 is 1.26 bits per heavy atom. The van der Waals surface area contributed by atoms with E-state index in [0.29, 0.717) is 24.1 Å². The highest BCUT2D eigenvalue weighted by Crippen LogP contribution is 2.37. The van der Waals surface area contributed by atoms with Gasteiger partial charge in [-0.1, -0.05) is 47.6 Å².